The fraction of sp³-hybridized carbons (Fsp3) is 0.240. The Labute approximate surface area is 177 Å². The van der Waals surface area contributed by atoms with Crippen molar-refractivity contribution >= 4 is 5.91 Å². The number of benzene rings is 3. The van der Waals surface area contributed by atoms with Crippen LogP contribution in [0.15, 0.2) is 78.9 Å². The molecule has 1 N–H and O–H groups in total. The molecule has 3 aromatic rings. The highest BCUT2D eigenvalue weighted by molar-refractivity contribution is 5.94. The average Bonchev–Trinajstić information content (AvgIpc) is 2.80. The van der Waals surface area contributed by atoms with Crippen LogP contribution in [0.4, 0.5) is 0 Å². The van der Waals surface area contributed by atoms with Gasteiger partial charge in [-0.3, -0.25) is 4.79 Å². The van der Waals surface area contributed by atoms with Crippen LogP contribution in [0.25, 0.3) is 0 Å². The summed E-state index contributed by atoms with van der Waals surface area (Å²) < 4.78 is 10.7. The molecular formula is C25H27NO4. The first-order chi connectivity index (χ1) is 14.6. The fourth-order valence-electron chi connectivity index (χ4n) is 3.35. The van der Waals surface area contributed by atoms with Crippen LogP contribution in [0.2, 0.25) is 0 Å². The van der Waals surface area contributed by atoms with Crippen molar-refractivity contribution in [3.8, 4) is 11.5 Å². The van der Waals surface area contributed by atoms with Crippen LogP contribution in [-0.2, 0) is 12.8 Å². The zero-order chi connectivity index (χ0) is 21.3. The summed E-state index contributed by atoms with van der Waals surface area (Å²) in [5, 5.41) is 10.9. The average molecular weight is 405 g/mol. The third-order valence-corrected chi connectivity index (χ3v) is 4.99. The molecule has 0 aromatic heterocycles. The minimum atomic E-state index is -0.930. The summed E-state index contributed by atoms with van der Waals surface area (Å²) in [6.07, 6.45) is 0.0103. The van der Waals surface area contributed by atoms with Crippen molar-refractivity contribution in [3.05, 3.63) is 95.6 Å². The molecule has 0 aliphatic rings. The maximum atomic E-state index is 13.1. The first-order valence-electron chi connectivity index (χ1n) is 9.91. The summed E-state index contributed by atoms with van der Waals surface area (Å²) in [6, 6.07) is 24.4. The Balaban J connectivity index is 1.79. The maximum absolute atomic E-state index is 13.1. The highest BCUT2D eigenvalue weighted by Crippen LogP contribution is 2.28. The Morgan fingerprint density at radius 1 is 0.867 bits per heavy atom. The number of hydrogen-bond donors (Lipinski definition) is 1. The van der Waals surface area contributed by atoms with E-state index >= 15 is 0 Å². The highest BCUT2D eigenvalue weighted by Gasteiger charge is 2.23. The lowest BCUT2D eigenvalue weighted by Gasteiger charge is -2.28. The van der Waals surface area contributed by atoms with Crippen LogP contribution in [0.1, 0.15) is 21.5 Å². The maximum Gasteiger partial charge on any atom is 0.255 e. The molecule has 5 heteroatoms. The van der Waals surface area contributed by atoms with E-state index in [0.717, 1.165) is 11.1 Å². The number of aliphatic hydroxyl groups excluding tert-OH is 1. The predicted octanol–water partition coefficient (Wildman–Crippen LogP) is 3.95. The van der Waals surface area contributed by atoms with Crippen molar-refractivity contribution in [1.29, 1.82) is 0 Å². The van der Waals surface area contributed by atoms with Gasteiger partial charge < -0.3 is 19.5 Å². The second-order valence-electron chi connectivity index (χ2n) is 6.97. The Bertz CT molecular complexity index is 944. The van der Waals surface area contributed by atoms with Gasteiger partial charge in [0.1, 0.15) is 6.23 Å². The van der Waals surface area contributed by atoms with E-state index in [-0.39, 0.29) is 5.91 Å². The molecule has 3 rings (SSSR count). The third kappa shape index (κ3) is 5.39. The number of ether oxygens (including phenoxy) is 2. The number of nitrogens with zero attached hydrogens (tertiary/aromatic N) is 1. The Morgan fingerprint density at radius 2 is 1.50 bits per heavy atom. The van der Waals surface area contributed by atoms with Gasteiger partial charge in [0, 0.05) is 18.5 Å². The molecule has 0 bridgehead atoms. The van der Waals surface area contributed by atoms with E-state index in [1.807, 2.05) is 66.7 Å². The molecular weight excluding hydrogens is 378 g/mol. The zero-order valence-electron chi connectivity index (χ0n) is 17.3. The van der Waals surface area contributed by atoms with Crippen molar-refractivity contribution < 1.29 is 19.4 Å². The first-order valence-corrected chi connectivity index (χ1v) is 9.91. The number of carbonyl (C=O) groups is 1. The normalized spacial score (nSPS) is 11.6. The second-order valence-corrected chi connectivity index (χ2v) is 6.97. The van der Waals surface area contributed by atoms with Crippen LogP contribution < -0.4 is 9.47 Å². The van der Waals surface area contributed by atoms with Gasteiger partial charge in [0.15, 0.2) is 11.5 Å². The lowest BCUT2D eigenvalue weighted by molar-refractivity contribution is 0.00864. The van der Waals surface area contributed by atoms with Gasteiger partial charge in [0.25, 0.3) is 5.91 Å². The van der Waals surface area contributed by atoms with Gasteiger partial charge in [-0.15, -0.1) is 0 Å². The number of rotatable bonds is 9. The topological polar surface area (TPSA) is 59.0 Å². The summed E-state index contributed by atoms with van der Waals surface area (Å²) in [6.45, 7) is 0.372. The lowest BCUT2D eigenvalue weighted by Crippen LogP contribution is -2.42. The fourth-order valence-corrected chi connectivity index (χ4v) is 3.35. The first kappa shape index (κ1) is 21.4. The number of amides is 1. The SMILES string of the molecule is COc1ccc(CCN(C(=O)c2ccccc2)C(O)Cc2ccccc2)cc1OC. The second kappa shape index (κ2) is 10.5. The molecule has 0 heterocycles. The molecule has 3 aromatic carbocycles. The number of hydrogen-bond acceptors (Lipinski definition) is 4. The van der Waals surface area contributed by atoms with E-state index in [9.17, 15) is 9.90 Å². The van der Waals surface area contributed by atoms with Gasteiger partial charge in [0.2, 0.25) is 0 Å². The largest absolute Gasteiger partial charge is 0.493 e. The minimum absolute atomic E-state index is 0.195. The van der Waals surface area contributed by atoms with E-state index in [2.05, 4.69) is 0 Å². The quantitative estimate of drug-likeness (QED) is 0.548. The number of methoxy groups -OCH3 is 2. The highest BCUT2D eigenvalue weighted by atomic mass is 16.5. The van der Waals surface area contributed by atoms with E-state index in [0.29, 0.717) is 36.4 Å². The summed E-state index contributed by atoms with van der Waals surface area (Å²) in [7, 11) is 3.19. The van der Waals surface area contributed by atoms with E-state index in [1.54, 1.807) is 26.4 Å². The van der Waals surface area contributed by atoms with Crippen LogP contribution in [0.5, 0.6) is 11.5 Å². The van der Waals surface area contributed by atoms with Crippen molar-refractivity contribution in [2.45, 2.75) is 19.1 Å². The van der Waals surface area contributed by atoms with E-state index in [4.69, 9.17) is 9.47 Å². The molecule has 0 radical (unpaired) electrons. The van der Waals surface area contributed by atoms with Crippen LogP contribution in [0, 0.1) is 0 Å². The Hall–Kier alpha value is -3.31. The molecule has 1 unspecified atom stereocenters. The smallest absolute Gasteiger partial charge is 0.255 e. The van der Waals surface area contributed by atoms with Crippen molar-refractivity contribution in [1.82, 2.24) is 4.90 Å². The summed E-state index contributed by atoms with van der Waals surface area (Å²) in [4.78, 5) is 14.7. The van der Waals surface area contributed by atoms with Gasteiger partial charge in [-0.25, -0.2) is 0 Å². The molecule has 0 spiro atoms. The molecule has 0 fully saturated rings. The molecule has 0 aliphatic heterocycles. The van der Waals surface area contributed by atoms with Gasteiger partial charge >= 0.3 is 0 Å². The van der Waals surface area contributed by atoms with Crippen LogP contribution in [-0.4, -0.2) is 42.9 Å². The Morgan fingerprint density at radius 3 is 2.13 bits per heavy atom. The third-order valence-electron chi connectivity index (χ3n) is 4.99. The summed E-state index contributed by atoms with van der Waals surface area (Å²) in [5.41, 5.74) is 2.52. The predicted molar refractivity (Wildman–Crippen MR) is 117 cm³/mol. The summed E-state index contributed by atoms with van der Waals surface area (Å²) >= 11 is 0. The molecule has 1 atom stereocenters. The number of carbonyl (C=O) groups excluding carboxylic acids is 1. The van der Waals surface area contributed by atoms with Crippen molar-refractivity contribution in [2.24, 2.45) is 0 Å². The minimum Gasteiger partial charge on any atom is -0.493 e. The van der Waals surface area contributed by atoms with Crippen LogP contribution >= 0.6 is 0 Å². The monoisotopic (exact) mass is 405 g/mol. The molecule has 5 nitrogen and oxygen atoms in total. The van der Waals surface area contributed by atoms with Crippen LogP contribution in [0.3, 0.4) is 0 Å². The van der Waals surface area contributed by atoms with Gasteiger partial charge in [-0.2, -0.15) is 0 Å². The molecule has 30 heavy (non-hydrogen) atoms. The van der Waals surface area contributed by atoms with Crippen molar-refractivity contribution in [3.63, 3.8) is 0 Å². The van der Waals surface area contributed by atoms with E-state index < -0.39 is 6.23 Å². The Kier molecular flexibility index (Phi) is 7.46. The molecule has 0 saturated heterocycles. The molecule has 156 valence electrons. The van der Waals surface area contributed by atoms with Gasteiger partial charge in [0.05, 0.1) is 14.2 Å². The lowest BCUT2D eigenvalue weighted by atomic mass is 10.1. The molecule has 0 aliphatic carbocycles. The van der Waals surface area contributed by atoms with Gasteiger partial charge in [-0.05, 0) is 41.8 Å². The summed E-state index contributed by atoms with van der Waals surface area (Å²) in [5.74, 6) is 1.10. The standard InChI is InChI=1S/C25H27NO4/c1-29-22-14-13-20(17-23(22)30-2)15-16-26(25(28)21-11-7-4-8-12-21)24(27)18-19-9-5-3-6-10-19/h3-14,17,24,27H,15-16,18H2,1-2H3. The zero-order valence-corrected chi connectivity index (χ0v) is 17.3. The molecule has 0 saturated carbocycles. The van der Waals surface area contributed by atoms with Crippen molar-refractivity contribution in [2.75, 3.05) is 20.8 Å². The van der Waals surface area contributed by atoms with E-state index in [1.165, 1.54) is 4.90 Å². The van der Waals surface area contributed by atoms with Gasteiger partial charge in [-0.1, -0.05) is 54.6 Å². The molecule has 1 amide bonds. The number of aliphatic hydroxyl groups is 1.